The largest absolute Gasteiger partial charge is 0.446 e. The maximum atomic E-state index is 13.0. The second kappa shape index (κ2) is 6.01. The van der Waals surface area contributed by atoms with Gasteiger partial charge < -0.3 is 14.2 Å². The van der Waals surface area contributed by atoms with E-state index in [1.165, 1.54) is 18.8 Å². The summed E-state index contributed by atoms with van der Waals surface area (Å²) in [4.78, 5) is 20.9. The van der Waals surface area contributed by atoms with Crippen LogP contribution in [-0.2, 0) is 6.54 Å². The maximum Gasteiger partial charge on any atom is 0.256 e. The predicted octanol–water partition coefficient (Wildman–Crippen LogP) is 2.28. The zero-order valence-electron chi connectivity index (χ0n) is 14.0. The summed E-state index contributed by atoms with van der Waals surface area (Å²) in [6.07, 6.45) is 6.04. The molecule has 0 bridgehead atoms. The molecule has 0 saturated heterocycles. The maximum absolute atomic E-state index is 13.0. The average molecular weight is 335 g/mol. The van der Waals surface area contributed by atoms with Crippen molar-refractivity contribution in [3.05, 3.63) is 71.7 Å². The van der Waals surface area contributed by atoms with Gasteiger partial charge in [0, 0.05) is 26.3 Å². The van der Waals surface area contributed by atoms with Crippen LogP contribution in [0.1, 0.15) is 33.3 Å². The highest BCUT2D eigenvalue weighted by Crippen LogP contribution is 2.40. The number of fused-ring (bicyclic) bond motifs is 1. The van der Waals surface area contributed by atoms with Crippen molar-refractivity contribution in [3.8, 4) is 0 Å². The molecule has 1 aliphatic heterocycles. The fourth-order valence-corrected chi connectivity index (χ4v) is 3.16. The Morgan fingerprint density at radius 2 is 2.12 bits per heavy atom. The third kappa shape index (κ3) is 2.63. The molecule has 7 nitrogen and oxygen atoms in total. The molecule has 3 heterocycles. The van der Waals surface area contributed by atoms with Gasteiger partial charge in [0.05, 0.1) is 24.2 Å². The lowest BCUT2D eigenvalue weighted by Crippen LogP contribution is -2.30. The van der Waals surface area contributed by atoms with E-state index in [0.29, 0.717) is 17.9 Å². The molecule has 0 spiro atoms. The van der Waals surface area contributed by atoms with Gasteiger partial charge in [-0.3, -0.25) is 4.79 Å². The number of rotatable bonds is 3. The van der Waals surface area contributed by atoms with Gasteiger partial charge in [-0.1, -0.05) is 6.07 Å². The molecule has 0 aliphatic carbocycles. The van der Waals surface area contributed by atoms with Gasteiger partial charge in [0.2, 0.25) is 0 Å². The van der Waals surface area contributed by atoms with Crippen molar-refractivity contribution in [2.75, 3.05) is 19.0 Å². The number of hydrogen-bond donors (Lipinski definition) is 0. The third-order valence-electron chi connectivity index (χ3n) is 4.40. The quantitative estimate of drug-likeness (QED) is 0.731. The summed E-state index contributed by atoms with van der Waals surface area (Å²) in [6.45, 7) is 0.504. The molecule has 126 valence electrons. The van der Waals surface area contributed by atoms with Gasteiger partial charge >= 0.3 is 0 Å². The number of benzene rings is 1. The molecule has 7 heteroatoms. The van der Waals surface area contributed by atoms with Gasteiger partial charge in [-0.2, -0.15) is 10.2 Å². The van der Waals surface area contributed by atoms with Crippen molar-refractivity contribution < 1.29 is 9.21 Å². The van der Waals surface area contributed by atoms with Crippen molar-refractivity contribution in [3.63, 3.8) is 0 Å². The molecule has 3 aromatic rings. The molecule has 1 aromatic carbocycles. The number of carbonyl (C=O) groups excluding carboxylic acids is 1. The first-order chi connectivity index (χ1) is 12.1. The van der Waals surface area contributed by atoms with Crippen LogP contribution >= 0.6 is 0 Å². The monoisotopic (exact) mass is 335 g/mol. The highest BCUT2D eigenvalue weighted by atomic mass is 16.3. The first kappa shape index (κ1) is 15.3. The van der Waals surface area contributed by atoms with Crippen LogP contribution in [0.2, 0.25) is 0 Å². The van der Waals surface area contributed by atoms with Crippen LogP contribution in [0.15, 0.2) is 53.7 Å². The molecule has 0 N–H and O–H groups in total. The zero-order valence-corrected chi connectivity index (χ0v) is 14.0. The highest BCUT2D eigenvalue weighted by molar-refractivity contribution is 5.94. The van der Waals surface area contributed by atoms with Crippen LogP contribution in [0.5, 0.6) is 0 Å². The van der Waals surface area contributed by atoms with Gasteiger partial charge in [0.15, 0.2) is 12.2 Å². The average Bonchev–Trinajstić information content (AvgIpc) is 3.28. The minimum Gasteiger partial charge on any atom is -0.446 e. The van der Waals surface area contributed by atoms with E-state index in [-0.39, 0.29) is 11.9 Å². The minimum absolute atomic E-state index is 0.112. The fourth-order valence-electron chi connectivity index (χ4n) is 3.16. The van der Waals surface area contributed by atoms with E-state index in [1.54, 1.807) is 17.2 Å². The van der Waals surface area contributed by atoms with E-state index in [1.807, 2.05) is 25.1 Å². The van der Waals surface area contributed by atoms with Crippen LogP contribution in [0.25, 0.3) is 0 Å². The molecule has 0 saturated carbocycles. The molecule has 4 rings (SSSR count). The number of nitrogens with zero attached hydrogens (tertiary/aromatic N) is 5. The predicted molar refractivity (Wildman–Crippen MR) is 91.0 cm³/mol. The normalized spacial score (nSPS) is 15.9. The molecule has 1 atom stereocenters. The molecule has 0 radical (unpaired) electrons. The van der Waals surface area contributed by atoms with Gasteiger partial charge in [-0.15, -0.1) is 0 Å². The van der Waals surface area contributed by atoms with Gasteiger partial charge in [-0.25, -0.2) is 4.98 Å². The molecular formula is C18H17N5O2. The van der Waals surface area contributed by atoms with E-state index < -0.39 is 0 Å². The molecule has 25 heavy (non-hydrogen) atoms. The first-order valence-corrected chi connectivity index (χ1v) is 7.91. The second-order valence-corrected chi connectivity index (χ2v) is 6.15. The number of hydrogen-bond acceptors (Lipinski definition) is 6. The van der Waals surface area contributed by atoms with Gasteiger partial charge in [0.1, 0.15) is 6.04 Å². The number of amides is 1. The number of aromatic nitrogens is 3. The second-order valence-electron chi connectivity index (χ2n) is 6.15. The molecule has 2 aromatic heterocycles. The third-order valence-corrected chi connectivity index (χ3v) is 4.40. The molecular weight excluding hydrogens is 318 g/mol. The SMILES string of the molecule is CN(C)c1ccc2c(c1)CN(C(=O)c1ccnnc1)[C@H]2c1cnco1. The van der Waals surface area contributed by atoms with Crippen LogP contribution < -0.4 is 4.90 Å². The first-order valence-electron chi connectivity index (χ1n) is 7.91. The van der Waals surface area contributed by atoms with Crippen molar-refractivity contribution in [2.45, 2.75) is 12.6 Å². The minimum atomic E-state index is -0.297. The van der Waals surface area contributed by atoms with Crippen molar-refractivity contribution in [2.24, 2.45) is 0 Å². The Morgan fingerprint density at radius 1 is 1.24 bits per heavy atom. The van der Waals surface area contributed by atoms with Crippen molar-refractivity contribution >= 4 is 11.6 Å². The topological polar surface area (TPSA) is 75.4 Å². The molecule has 0 unspecified atom stereocenters. The summed E-state index contributed by atoms with van der Waals surface area (Å²) in [5.41, 5.74) is 3.75. The number of carbonyl (C=O) groups is 1. The lowest BCUT2D eigenvalue weighted by molar-refractivity contribution is 0.0702. The Kier molecular flexibility index (Phi) is 3.68. The molecule has 1 aliphatic rings. The standard InChI is InChI=1S/C18H17N5O2/c1-22(2)14-3-4-15-13(7-14)10-23(17(15)16-9-19-11-25-16)18(24)12-5-6-20-21-8-12/h3-9,11,17H,10H2,1-2H3/t17-/m1/s1. The summed E-state index contributed by atoms with van der Waals surface area (Å²) in [6, 6.07) is 7.58. The van der Waals surface area contributed by atoms with E-state index in [2.05, 4.69) is 27.3 Å². The zero-order chi connectivity index (χ0) is 17.4. The van der Waals surface area contributed by atoms with Crippen molar-refractivity contribution in [1.29, 1.82) is 0 Å². The van der Waals surface area contributed by atoms with E-state index in [9.17, 15) is 4.79 Å². The Hall–Kier alpha value is -3.22. The van der Waals surface area contributed by atoms with Crippen LogP contribution in [0, 0.1) is 0 Å². The fraction of sp³-hybridized carbons (Fsp3) is 0.222. The Morgan fingerprint density at radius 3 is 2.80 bits per heavy atom. The summed E-state index contributed by atoms with van der Waals surface area (Å²) in [5.74, 6) is 0.533. The molecule has 1 amide bonds. The summed E-state index contributed by atoms with van der Waals surface area (Å²) in [5, 5.41) is 7.55. The Balaban J connectivity index is 1.78. The van der Waals surface area contributed by atoms with Crippen LogP contribution in [0.4, 0.5) is 5.69 Å². The van der Waals surface area contributed by atoms with E-state index >= 15 is 0 Å². The van der Waals surface area contributed by atoms with E-state index in [4.69, 9.17) is 4.42 Å². The smallest absolute Gasteiger partial charge is 0.256 e. The van der Waals surface area contributed by atoms with Crippen LogP contribution in [-0.4, -0.2) is 40.1 Å². The Bertz CT molecular complexity index is 893. The summed E-state index contributed by atoms with van der Waals surface area (Å²) >= 11 is 0. The number of anilines is 1. The van der Waals surface area contributed by atoms with Gasteiger partial charge in [0.25, 0.3) is 5.91 Å². The lowest BCUT2D eigenvalue weighted by atomic mass is 10.0. The lowest BCUT2D eigenvalue weighted by Gasteiger charge is -2.23. The van der Waals surface area contributed by atoms with E-state index in [0.717, 1.165) is 16.8 Å². The summed E-state index contributed by atoms with van der Waals surface area (Å²) < 4.78 is 5.52. The van der Waals surface area contributed by atoms with Gasteiger partial charge in [-0.05, 0) is 29.3 Å². The summed E-state index contributed by atoms with van der Waals surface area (Å²) in [7, 11) is 3.99. The number of oxazole rings is 1. The van der Waals surface area contributed by atoms with Crippen molar-refractivity contribution in [1.82, 2.24) is 20.1 Å². The molecule has 0 fully saturated rings. The highest BCUT2D eigenvalue weighted by Gasteiger charge is 2.37. The Labute approximate surface area is 144 Å². The van der Waals surface area contributed by atoms with Crippen LogP contribution in [0.3, 0.4) is 0 Å².